The first kappa shape index (κ1) is 18.3. The smallest absolute Gasteiger partial charge is 0.264 e. The summed E-state index contributed by atoms with van der Waals surface area (Å²) in [4.78, 5) is 28.5. The van der Waals surface area contributed by atoms with Gasteiger partial charge in [-0.15, -0.1) is 23.1 Å². The minimum absolute atomic E-state index is 0.0387. The van der Waals surface area contributed by atoms with Crippen LogP contribution in [0, 0.1) is 0 Å². The number of thioether (sulfide) groups is 1. The van der Waals surface area contributed by atoms with E-state index in [9.17, 15) is 9.59 Å². The molecule has 1 N–H and O–H groups in total. The lowest BCUT2D eigenvalue weighted by Crippen LogP contribution is -2.46. The van der Waals surface area contributed by atoms with Crippen LogP contribution in [0.1, 0.15) is 22.5 Å². The van der Waals surface area contributed by atoms with Gasteiger partial charge in [0.1, 0.15) is 6.04 Å². The molecule has 1 atom stereocenters. The van der Waals surface area contributed by atoms with Crippen LogP contribution in [0.15, 0.2) is 46.7 Å². The summed E-state index contributed by atoms with van der Waals surface area (Å²) in [5.74, 6) is 0.682. The highest BCUT2D eigenvalue weighted by molar-refractivity contribution is 7.99. The van der Waals surface area contributed by atoms with Gasteiger partial charge in [-0.1, -0.05) is 17.7 Å². The highest BCUT2D eigenvalue weighted by atomic mass is 35.5. The summed E-state index contributed by atoms with van der Waals surface area (Å²) in [5, 5.41) is 5.56. The third-order valence-electron chi connectivity index (χ3n) is 4.03. The van der Waals surface area contributed by atoms with Gasteiger partial charge >= 0.3 is 0 Å². The molecule has 0 bridgehead atoms. The SMILES string of the molecule is O=C(NCCSc1ccc(Cl)cc1)C1CCCN1C(=O)c1cccs1. The molecule has 2 heterocycles. The van der Waals surface area contributed by atoms with Crippen molar-refractivity contribution in [2.24, 2.45) is 0 Å². The van der Waals surface area contributed by atoms with E-state index in [4.69, 9.17) is 11.6 Å². The topological polar surface area (TPSA) is 49.4 Å². The van der Waals surface area contributed by atoms with E-state index < -0.39 is 0 Å². The van der Waals surface area contributed by atoms with Crippen LogP contribution >= 0.6 is 34.7 Å². The highest BCUT2D eigenvalue weighted by Crippen LogP contribution is 2.23. The number of likely N-dealkylation sites (tertiary alicyclic amines) is 1. The third kappa shape index (κ3) is 4.77. The number of carbonyl (C=O) groups is 2. The number of halogens is 1. The second kappa shape index (κ2) is 8.74. The van der Waals surface area contributed by atoms with Crippen molar-refractivity contribution in [2.75, 3.05) is 18.8 Å². The Morgan fingerprint density at radius 3 is 2.80 bits per heavy atom. The van der Waals surface area contributed by atoms with Gasteiger partial charge in [0, 0.05) is 28.8 Å². The van der Waals surface area contributed by atoms with Crippen LogP contribution in [-0.4, -0.2) is 41.6 Å². The minimum Gasteiger partial charge on any atom is -0.353 e. The summed E-state index contributed by atoms with van der Waals surface area (Å²) in [6.45, 7) is 1.22. The fourth-order valence-electron chi connectivity index (χ4n) is 2.82. The number of benzene rings is 1. The maximum absolute atomic E-state index is 12.5. The number of hydrogen-bond acceptors (Lipinski definition) is 4. The molecule has 1 saturated heterocycles. The lowest BCUT2D eigenvalue weighted by Gasteiger charge is -2.23. The Morgan fingerprint density at radius 1 is 1.28 bits per heavy atom. The van der Waals surface area contributed by atoms with Crippen LogP contribution in [-0.2, 0) is 4.79 Å². The fourth-order valence-corrected chi connectivity index (χ4v) is 4.39. The number of rotatable bonds is 6. The quantitative estimate of drug-likeness (QED) is 0.596. The molecule has 2 amide bonds. The van der Waals surface area contributed by atoms with Gasteiger partial charge in [0.15, 0.2) is 0 Å². The van der Waals surface area contributed by atoms with Crippen LogP contribution in [0.25, 0.3) is 0 Å². The third-order valence-corrected chi connectivity index (χ3v) is 6.16. The van der Waals surface area contributed by atoms with E-state index in [1.807, 2.05) is 41.8 Å². The summed E-state index contributed by atoms with van der Waals surface area (Å²) in [5.41, 5.74) is 0. The summed E-state index contributed by atoms with van der Waals surface area (Å²) < 4.78 is 0. The van der Waals surface area contributed by atoms with Crippen LogP contribution < -0.4 is 5.32 Å². The van der Waals surface area contributed by atoms with Gasteiger partial charge < -0.3 is 10.2 Å². The zero-order chi connectivity index (χ0) is 17.6. The first-order valence-electron chi connectivity index (χ1n) is 8.16. The average molecular weight is 395 g/mol. The molecule has 1 aromatic heterocycles. The van der Waals surface area contributed by atoms with Crippen LogP contribution in [0.2, 0.25) is 5.02 Å². The number of nitrogens with zero attached hydrogens (tertiary/aromatic N) is 1. The Balaban J connectivity index is 1.47. The molecule has 1 aromatic carbocycles. The molecule has 4 nitrogen and oxygen atoms in total. The predicted molar refractivity (Wildman–Crippen MR) is 104 cm³/mol. The molecule has 1 unspecified atom stereocenters. The van der Waals surface area contributed by atoms with E-state index in [-0.39, 0.29) is 17.9 Å². The van der Waals surface area contributed by atoms with Crippen LogP contribution in [0.4, 0.5) is 0 Å². The number of thiophene rings is 1. The minimum atomic E-state index is -0.352. The van der Waals surface area contributed by atoms with E-state index in [2.05, 4.69) is 5.32 Å². The maximum Gasteiger partial charge on any atom is 0.264 e. The van der Waals surface area contributed by atoms with Gasteiger partial charge in [0.2, 0.25) is 5.91 Å². The van der Waals surface area contributed by atoms with E-state index in [1.54, 1.807) is 16.7 Å². The number of amides is 2. The Morgan fingerprint density at radius 2 is 2.08 bits per heavy atom. The molecule has 3 rings (SSSR count). The zero-order valence-electron chi connectivity index (χ0n) is 13.6. The van der Waals surface area contributed by atoms with Crippen molar-refractivity contribution >= 4 is 46.5 Å². The van der Waals surface area contributed by atoms with Crippen LogP contribution in [0.3, 0.4) is 0 Å². The van der Waals surface area contributed by atoms with Crippen molar-refractivity contribution in [1.29, 1.82) is 0 Å². The van der Waals surface area contributed by atoms with Crippen molar-refractivity contribution in [3.8, 4) is 0 Å². The molecule has 2 aromatic rings. The zero-order valence-corrected chi connectivity index (χ0v) is 16.0. The molecular formula is C18H19ClN2O2S2. The van der Waals surface area contributed by atoms with Crippen molar-refractivity contribution in [3.05, 3.63) is 51.7 Å². The number of hydrogen-bond donors (Lipinski definition) is 1. The lowest BCUT2D eigenvalue weighted by molar-refractivity contribution is -0.124. The molecule has 25 heavy (non-hydrogen) atoms. The summed E-state index contributed by atoms with van der Waals surface area (Å²) >= 11 is 8.95. The summed E-state index contributed by atoms with van der Waals surface area (Å²) in [6, 6.07) is 11.0. The Bertz CT molecular complexity index is 719. The average Bonchev–Trinajstić information content (AvgIpc) is 3.31. The van der Waals surface area contributed by atoms with Gasteiger partial charge in [-0.3, -0.25) is 9.59 Å². The van der Waals surface area contributed by atoms with Gasteiger partial charge in [-0.05, 0) is 48.6 Å². The van der Waals surface area contributed by atoms with Crippen molar-refractivity contribution in [2.45, 2.75) is 23.8 Å². The molecule has 0 radical (unpaired) electrons. The number of nitrogens with one attached hydrogen (secondary N) is 1. The lowest BCUT2D eigenvalue weighted by atomic mass is 10.2. The molecule has 1 aliphatic heterocycles. The predicted octanol–water partition coefficient (Wildman–Crippen LogP) is 3.91. The largest absolute Gasteiger partial charge is 0.353 e. The van der Waals surface area contributed by atoms with E-state index in [0.29, 0.717) is 18.0 Å². The second-order valence-electron chi connectivity index (χ2n) is 5.73. The summed E-state index contributed by atoms with van der Waals surface area (Å²) in [7, 11) is 0. The molecular weight excluding hydrogens is 376 g/mol. The first-order valence-corrected chi connectivity index (χ1v) is 10.4. The molecule has 1 fully saturated rings. The Kier molecular flexibility index (Phi) is 6.39. The monoisotopic (exact) mass is 394 g/mol. The van der Waals surface area contributed by atoms with Gasteiger partial charge in [-0.25, -0.2) is 0 Å². The van der Waals surface area contributed by atoms with Crippen molar-refractivity contribution < 1.29 is 9.59 Å². The van der Waals surface area contributed by atoms with Gasteiger partial charge in [0.25, 0.3) is 5.91 Å². The van der Waals surface area contributed by atoms with E-state index in [1.165, 1.54) is 11.3 Å². The molecule has 7 heteroatoms. The fraction of sp³-hybridized carbons (Fsp3) is 0.333. The Labute approximate surface area is 160 Å². The second-order valence-corrected chi connectivity index (χ2v) is 8.28. The summed E-state index contributed by atoms with van der Waals surface area (Å²) in [6.07, 6.45) is 1.60. The molecule has 1 aliphatic rings. The Hall–Kier alpha value is -1.50. The normalized spacial score (nSPS) is 16.8. The number of carbonyl (C=O) groups excluding carboxylic acids is 2. The van der Waals surface area contributed by atoms with E-state index >= 15 is 0 Å². The molecule has 132 valence electrons. The van der Waals surface area contributed by atoms with Gasteiger partial charge in [-0.2, -0.15) is 0 Å². The molecule has 0 spiro atoms. The highest BCUT2D eigenvalue weighted by Gasteiger charge is 2.34. The first-order chi connectivity index (χ1) is 12.1. The van der Waals surface area contributed by atoms with Gasteiger partial charge in [0.05, 0.1) is 4.88 Å². The maximum atomic E-state index is 12.5. The molecule has 0 saturated carbocycles. The van der Waals surface area contributed by atoms with E-state index in [0.717, 1.165) is 28.5 Å². The van der Waals surface area contributed by atoms with Crippen molar-refractivity contribution in [3.63, 3.8) is 0 Å². The van der Waals surface area contributed by atoms with Crippen molar-refractivity contribution in [1.82, 2.24) is 10.2 Å². The standard InChI is InChI=1S/C18H19ClN2O2S2/c19-13-5-7-14(8-6-13)24-12-9-20-17(22)15-3-1-10-21(15)18(23)16-4-2-11-25-16/h2,4-8,11,15H,1,3,9-10,12H2,(H,20,22). The van der Waals surface area contributed by atoms with Crippen LogP contribution in [0.5, 0.6) is 0 Å². The molecule has 0 aliphatic carbocycles.